The van der Waals surface area contributed by atoms with Crippen molar-refractivity contribution in [2.75, 3.05) is 19.0 Å². The molecule has 2 aromatic carbocycles. The lowest BCUT2D eigenvalue weighted by Gasteiger charge is -2.39. The van der Waals surface area contributed by atoms with E-state index in [2.05, 4.69) is 23.5 Å². The number of piperidine rings is 1. The summed E-state index contributed by atoms with van der Waals surface area (Å²) in [6, 6.07) is 14.7. The number of nitrogens with one attached hydrogen (secondary N) is 1. The van der Waals surface area contributed by atoms with Crippen molar-refractivity contribution >= 4 is 11.6 Å². The molecule has 1 fully saturated rings. The summed E-state index contributed by atoms with van der Waals surface area (Å²) in [5.41, 5.74) is 4.54. The second kappa shape index (κ2) is 4.51. The highest BCUT2D eigenvalue weighted by Crippen LogP contribution is 2.51. The SMILES string of the molecule is COc1ccc2c(c1)C1CCN3C(=O)c4ccccc4C3C1N2. The maximum Gasteiger partial charge on any atom is 0.254 e. The fourth-order valence-corrected chi connectivity index (χ4v) is 4.52. The summed E-state index contributed by atoms with van der Waals surface area (Å²) in [5.74, 6) is 1.51. The Morgan fingerprint density at radius 2 is 2.04 bits per heavy atom. The molecule has 1 N–H and O–H groups in total. The van der Waals surface area contributed by atoms with Gasteiger partial charge in [0.1, 0.15) is 5.75 Å². The molecule has 1 amide bonds. The molecule has 0 aromatic heterocycles. The largest absolute Gasteiger partial charge is 0.497 e. The Morgan fingerprint density at radius 1 is 1.17 bits per heavy atom. The van der Waals surface area contributed by atoms with Gasteiger partial charge >= 0.3 is 0 Å². The van der Waals surface area contributed by atoms with Crippen molar-refractivity contribution in [2.45, 2.75) is 24.4 Å². The molecule has 3 aliphatic heterocycles. The number of nitrogens with zero attached hydrogens (tertiary/aromatic N) is 1. The molecule has 23 heavy (non-hydrogen) atoms. The zero-order valence-corrected chi connectivity index (χ0v) is 13.0. The Labute approximate surface area is 135 Å². The van der Waals surface area contributed by atoms with Crippen LogP contribution in [0.25, 0.3) is 0 Å². The third-order valence-electron chi connectivity index (χ3n) is 5.54. The van der Waals surface area contributed by atoms with Crippen LogP contribution in [0.5, 0.6) is 5.75 Å². The van der Waals surface area contributed by atoms with E-state index < -0.39 is 0 Å². The second-order valence-corrected chi connectivity index (χ2v) is 6.55. The molecular weight excluding hydrogens is 288 g/mol. The Balaban J connectivity index is 1.60. The zero-order chi connectivity index (χ0) is 15.6. The summed E-state index contributed by atoms with van der Waals surface area (Å²) in [6.07, 6.45) is 0.994. The van der Waals surface area contributed by atoms with Gasteiger partial charge in [-0.15, -0.1) is 0 Å². The van der Waals surface area contributed by atoms with Crippen molar-refractivity contribution in [1.29, 1.82) is 0 Å². The van der Waals surface area contributed by atoms with Gasteiger partial charge in [0.05, 0.1) is 19.2 Å². The summed E-state index contributed by atoms with van der Waals surface area (Å²) in [7, 11) is 1.70. The highest BCUT2D eigenvalue weighted by molar-refractivity contribution is 5.99. The van der Waals surface area contributed by atoms with Crippen LogP contribution in [-0.2, 0) is 0 Å². The lowest BCUT2D eigenvalue weighted by Crippen LogP contribution is -2.45. The highest BCUT2D eigenvalue weighted by atomic mass is 16.5. The van der Waals surface area contributed by atoms with Gasteiger partial charge in [0.25, 0.3) is 5.91 Å². The molecule has 0 aliphatic carbocycles. The molecule has 4 nitrogen and oxygen atoms in total. The van der Waals surface area contributed by atoms with Crippen LogP contribution >= 0.6 is 0 Å². The van der Waals surface area contributed by atoms with Crippen molar-refractivity contribution < 1.29 is 9.53 Å². The van der Waals surface area contributed by atoms with Gasteiger partial charge in [-0.1, -0.05) is 18.2 Å². The summed E-state index contributed by atoms with van der Waals surface area (Å²) in [4.78, 5) is 14.7. The van der Waals surface area contributed by atoms with Crippen LogP contribution < -0.4 is 10.1 Å². The number of carbonyl (C=O) groups excluding carboxylic acids is 1. The number of hydrogen-bond donors (Lipinski definition) is 1. The van der Waals surface area contributed by atoms with Crippen LogP contribution in [0, 0.1) is 0 Å². The first-order valence-corrected chi connectivity index (χ1v) is 8.12. The maximum absolute atomic E-state index is 12.7. The van der Waals surface area contributed by atoms with Crippen molar-refractivity contribution in [3.8, 4) is 5.75 Å². The highest BCUT2D eigenvalue weighted by Gasteiger charge is 2.50. The minimum Gasteiger partial charge on any atom is -0.497 e. The first-order valence-electron chi connectivity index (χ1n) is 8.12. The lowest BCUT2D eigenvalue weighted by atomic mass is 9.82. The number of fused-ring (bicyclic) bond motifs is 7. The van der Waals surface area contributed by atoms with Gasteiger partial charge in [-0.2, -0.15) is 0 Å². The Hall–Kier alpha value is -2.49. The summed E-state index contributed by atoms with van der Waals surface area (Å²) in [5, 5.41) is 3.67. The fourth-order valence-electron chi connectivity index (χ4n) is 4.52. The third-order valence-corrected chi connectivity index (χ3v) is 5.54. The van der Waals surface area contributed by atoms with Gasteiger partial charge < -0.3 is 15.0 Å². The predicted molar refractivity (Wildman–Crippen MR) is 88.0 cm³/mol. The summed E-state index contributed by atoms with van der Waals surface area (Å²) >= 11 is 0. The average Bonchev–Trinajstić information content (AvgIpc) is 3.10. The number of benzene rings is 2. The number of ether oxygens (including phenoxy) is 1. The average molecular weight is 306 g/mol. The Morgan fingerprint density at radius 3 is 2.91 bits per heavy atom. The van der Waals surface area contributed by atoms with E-state index >= 15 is 0 Å². The van der Waals surface area contributed by atoms with Crippen LogP contribution in [0.3, 0.4) is 0 Å². The molecule has 4 heteroatoms. The van der Waals surface area contributed by atoms with Crippen molar-refractivity contribution in [3.05, 3.63) is 59.2 Å². The summed E-state index contributed by atoms with van der Waals surface area (Å²) in [6.45, 7) is 0.817. The number of hydrogen-bond acceptors (Lipinski definition) is 3. The molecule has 3 heterocycles. The molecule has 5 rings (SSSR count). The van der Waals surface area contributed by atoms with Gasteiger partial charge in [0.15, 0.2) is 0 Å². The number of rotatable bonds is 1. The molecule has 3 atom stereocenters. The van der Waals surface area contributed by atoms with Crippen LogP contribution in [-0.4, -0.2) is 30.5 Å². The van der Waals surface area contributed by atoms with Gasteiger partial charge in [0, 0.05) is 23.7 Å². The van der Waals surface area contributed by atoms with Gasteiger partial charge in [-0.3, -0.25) is 4.79 Å². The van der Waals surface area contributed by atoms with E-state index in [1.165, 1.54) is 16.8 Å². The van der Waals surface area contributed by atoms with Crippen molar-refractivity contribution in [3.63, 3.8) is 0 Å². The number of carbonyl (C=O) groups is 1. The smallest absolute Gasteiger partial charge is 0.254 e. The molecule has 3 aliphatic rings. The van der Waals surface area contributed by atoms with E-state index in [9.17, 15) is 4.79 Å². The standard InChI is InChI=1S/C19H18N2O2/c1-23-11-6-7-16-15(10-11)12-8-9-21-18(17(12)20-16)13-4-2-3-5-14(13)19(21)22/h2-7,10,12,17-18,20H,8-9H2,1H3. The van der Waals surface area contributed by atoms with Gasteiger partial charge in [-0.05, 0) is 41.8 Å². The molecule has 0 radical (unpaired) electrons. The topological polar surface area (TPSA) is 41.6 Å². The minimum absolute atomic E-state index is 0.135. The number of amides is 1. The fraction of sp³-hybridized carbons (Fsp3) is 0.316. The van der Waals surface area contributed by atoms with E-state index in [0.29, 0.717) is 5.92 Å². The molecule has 2 aromatic rings. The van der Waals surface area contributed by atoms with Crippen molar-refractivity contribution in [1.82, 2.24) is 4.90 Å². The quantitative estimate of drug-likeness (QED) is 0.880. The van der Waals surface area contributed by atoms with Crippen LogP contribution in [0.1, 0.15) is 39.9 Å². The van der Waals surface area contributed by atoms with Crippen LogP contribution in [0.2, 0.25) is 0 Å². The number of methoxy groups -OCH3 is 1. The monoisotopic (exact) mass is 306 g/mol. The van der Waals surface area contributed by atoms with E-state index in [-0.39, 0.29) is 18.0 Å². The van der Waals surface area contributed by atoms with Crippen LogP contribution in [0.4, 0.5) is 5.69 Å². The van der Waals surface area contributed by atoms with Gasteiger partial charge in [-0.25, -0.2) is 0 Å². The first-order chi connectivity index (χ1) is 11.3. The lowest BCUT2D eigenvalue weighted by molar-refractivity contribution is 0.0638. The van der Waals surface area contributed by atoms with Crippen LogP contribution in [0.15, 0.2) is 42.5 Å². The zero-order valence-electron chi connectivity index (χ0n) is 13.0. The second-order valence-electron chi connectivity index (χ2n) is 6.55. The van der Waals surface area contributed by atoms with E-state index in [1.807, 2.05) is 29.2 Å². The summed E-state index contributed by atoms with van der Waals surface area (Å²) < 4.78 is 5.39. The third kappa shape index (κ3) is 1.63. The Kier molecular flexibility index (Phi) is 2.55. The van der Waals surface area contributed by atoms with E-state index in [0.717, 1.165) is 24.3 Å². The van der Waals surface area contributed by atoms with E-state index in [4.69, 9.17) is 4.74 Å². The van der Waals surface area contributed by atoms with Gasteiger partial charge in [0.2, 0.25) is 0 Å². The normalized spacial score (nSPS) is 26.9. The first kappa shape index (κ1) is 13.0. The Bertz CT molecular complexity index is 817. The minimum atomic E-state index is 0.135. The molecule has 0 saturated carbocycles. The van der Waals surface area contributed by atoms with Crippen molar-refractivity contribution in [2.24, 2.45) is 0 Å². The molecule has 3 unspecified atom stereocenters. The van der Waals surface area contributed by atoms with E-state index in [1.54, 1.807) is 7.11 Å². The predicted octanol–water partition coefficient (Wildman–Crippen LogP) is 3.17. The molecule has 0 spiro atoms. The molecule has 1 saturated heterocycles. The molecule has 0 bridgehead atoms. The molecular formula is C19H18N2O2. The maximum atomic E-state index is 12.7. The molecule has 116 valence electrons. The number of anilines is 1.